The number of likely N-dealkylation sites (tertiary alicyclic amines) is 1. The lowest BCUT2D eigenvalue weighted by Crippen LogP contribution is -2.49. The van der Waals surface area contributed by atoms with Gasteiger partial charge in [0.25, 0.3) is 0 Å². The van der Waals surface area contributed by atoms with Crippen molar-refractivity contribution in [3.63, 3.8) is 0 Å². The number of carbonyl (C=O) groups is 2. The van der Waals surface area contributed by atoms with Gasteiger partial charge in [-0.15, -0.1) is 0 Å². The van der Waals surface area contributed by atoms with Crippen LogP contribution in [0, 0.1) is 5.92 Å². The predicted octanol–water partition coefficient (Wildman–Crippen LogP) is -1.58. The smallest absolute Gasteiger partial charge is 0.240 e. The van der Waals surface area contributed by atoms with Crippen molar-refractivity contribution in [2.45, 2.75) is 25.3 Å². The molecule has 92 valence electrons. The highest BCUT2D eigenvalue weighted by Gasteiger charge is 2.27. The van der Waals surface area contributed by atoms with Crippen LogP contribution in [0.2, 0.25) is 0 Å². The monoisotopic (exact) mass is 229 g/mol. The number of hydrogen-bond donors (Lipinski definition) is 3. The Hall–Kier alpha value is -1.14. The highest BCUT2D eigenvalue weighted by Crippen LogP contribution is 2.16. The first-order valence-electron chi connectivity index (χ1n) is 5.48. The molecule has 0 radical (unpaired) electrons. The fraction of sp³-hybridized carbons (Fsp3) is 0.800. The Bertz CT molecular complexity index is 270. The van der Waals surface area contributed by atoms with E-state index < -0.39 is 11.9 Å². The number of carbonyl (C=O) groups excluding carboxylic acids is 2. The van der Waals surface area contributed by atoms with E-state index in [1.54, 1.807) is 4.90 Å². The minimum Gasteiger partial charge on any atom is -0.396 e. The van der Waals surface area contributed by atoms with Gasteiger partial charge in [-0.05, 0) is 18.8 Å². The lowest BCUT2D eigenvalue weighted by Gasteiger charge is -2.33. The zero-order valence-corrected chi connectivity index (χ0v) is 9.26. The maximum atomic E-state index is 11.8. The van der Waals surface area contributed by atoms with Gasteiger partial charge in [0.15, 0.2) is 0 Å². The normalized spacial score (nSPS) is 22.9. The third-order valence-corrected chi connectivity index (χ3v) is 2.83. The van der Waals surface area contributed by atoms with Crippen LogP contribution < -0.4 is 11.5 Å². The van der Waals surface area contributed by atoms with Gasteiger partial charge in [0.05, 0.1) is 12.5 Å². The average molecular weight is 229 g/mol. The molecule has 6 heteroatoms. The summed E-state index contributed by atoms with van der Waals surface area (Å²) in [7, 11) is 0. The van der Waals surface area contributed by atoms with Crippen LogP contribution >= 0.6 is 0 Å². The van der Waals surface area contributed by atoms with Crippen LogP contribution in [0.25, 0.3) is 0 Å². The molecule has 0 saturated carbocycles. The Morgan fingerprint density at radius 1 is 1.50 bits per heavy atom. The third-order valence-electron chi connectivity index (χ3n) is 2.83. The first-order valence-corrected chi connectivity index (χ1v) is 5.48. The lowest BCUT2D eigenvalue weighted by molar-refractivity contribution is -0.136. The van der Waals surface area contributed by atoms with Crippen LogP contribution in [-0.4, -0.2) is 47.6 Å². The number of primary amides is 1. The summed E-state index contributed by atoms with van der Waals surface area (Å²) in [6.45, 7) is 1.23. The zero-order valence-electron chi connectivity index (χ0n) is 9.26. The molecule has 0 aromatic rings. The molecule has 1 fully saturated rings. The number of aliphatic hydroxyl groups is 1. The van der Waals surface area contributed by atoms with Crippen molar-refractivity contribution >= 4 is 11.8 Å². The van der Waals surface area contributed by atoms with E-state index in [1.807, 2.05) is 0 Å². The molecule has 0 aromatic heterocycles. The standard InChI is InChI=1S/C10H19N3O3/c11-8(4-9(12)15)10(16)13-3-1-2-7(5-13)6-14/h7-8,14H,1-6,11H2,(H2,12,15). The molecule has 1 saturated heterocycles. The van der Waals surface area contributed by atoms with E-state index in [0.717, 1.165) is 12.8 Å². The average Bonchev–Trinajstić information content (AvgIpc) is 2.27. The SMILES string of the molecule is NC(=O)CC(N)C(=O)N1CCCC(CO)C1. The van der Waals surface area contributed by atoms with E-state index >= 15 is 0 Å². The molecule has 2 unspecified atom stereocenters. The highest BCUT2D eigenvalue weighted by atomic mass is 16.3. The molecule has 5 N–H and O–H groups in total. The molecule has 2 atom stereocenters. The van der Waals surface area contributed by atoms with Gasteiger partial charge in [-0.3, -0.25) is 9.59 Å². The molecular formula is C10H19N3O3. The molecule has 0 spiro atoms. The van der Waals surface area contributed by atoms with Crippen molar-refractivity contribution < 1.29 is 14.7 Å². The topological polar surface area (TPSA) is 110 Å². The van der Waals surface area contributed by atoms with Gasteiger partial charge in [0.2, 0.25) is 11.8 Å². The van der Waals surface area contributed by atoms with Crippen molar-refractivity contribution in [1.82, 2.24) is 4.90 Å². The minimum absolute atomic E-state index is 0.0782. The molecule has 1 rings (SSSR count). The van der Waals surface area contributed by atoms with Gasteiger partial charge in [-0.2, -0.15) is 0 Å². The Balaban J connectivity index is 2.49. The number of rotatable bonds is 4. The third kappa shape index (κ3) is 3.46. The summed E-state index contributed by atoms with van der Waals surface area (Å²) in [6.07, 6.45) is 1.66. The van der Waals surface area contributed by atoms with Crippen molar-refractivity contribution in [2.75, 3.05) is 19.7 Å². The van der Waals surface area contributed by atoms with E-state index in [-0.39, 0.29) is 24.9 Å². The van der Waals surface area contributed by atoms with Gasteiger partial charge in [0, 0.05) is 19.7 Å². The van der Waals surface area contributed by atoms with E-state index in [4.69, 9.17) is 16.6 Å². The van der Waals surface area contributed by atoms with Gasteiger partial charge in [-0.25, -0.2) is 0 Å². The molecular weight excluding hydrogens is 210 g/mol. The number of piperidine rings is 1. The number of nitrogens with zero attached hydrogens (tertiary/aromatic N) is 1. The predicted molar refractivity (Wildman–Crippen MR) is 58.2 cm³/mol. The van der Waals surface area contributed by atoms with Crippen LogP contribution in [0.15, 0.2) is 0 Å². The first kappa shape index (κ1) is 12.9. The summed E-state index contributed by atoms with van der Waals surface area (Å²) < 4.78 is 0. The lowest BCUT2D eigenvalue weighted by atomic mass is 9.98. The van der Waals surface area contributed by atoms with Crippen LogP contribution in [0.4, 0.5) is 0 Å². The summed E-state index contributed by atoms with van der Waals surface area (Å²) in [5, 5.41) is 9.03. The Kier molecular flexibility index (Phi) is 4.70. The molecule has 0 bridgehead atoms. The van der Waals surface area contributed by atoms with Gasteiger partial charge in [0.1, 0.15) is 0 Å². The largest absolute Gasteiger partial charge is 0.396 e. The van der Waals surface area contributed by atoms with Crippen molar-refractivity contribution in [3.05, 3.63) is 0 Å². The Morgan fingerprint density at radius 3 is 2.75 bits per heavy atom. The molecule has 6 nitrogen and oxygen atoms in total. The summed E-state index contributed by atoms with van der Waals surface area (Å²) >= 11 is 0. The Labute approximate surface area is 94.6 Å². The number of nitrogens with two attached hydrogens (primary N) is 2. The van der Waals surface area contributed by atoms with Crippen LogP contribution in [0.3, 0.4) is 0 Å². The zero-order chi connectivity index (χ0) is 12.1. The highest BCUT2D eigenvalue weighted by molar-refractivity contribution is 5.87. The summed E-state index contributed by atoms with van der Waals surface area (Å²) in [5.41, 5.74) is 10.6. The van der Waals surface area contributed by atoms with Crippen molar-refractivity contribution in [3.8, 4) is 0 Å². The summed E-state index contributed by atoms with van der Waals surface area (Å²) in [6, 6.07) is -0.852. The minimum atomic E-state index is -0.852. The fourth-order valence-corrected chi connectivity index (χ4v) is 1.95. The first-order chi connectivity index (χ1) is 7.54. The molecule has 1 heterocycles. The van der Waals surface area contributed by atoms with Crippen molar-refractivity contribution in [2.24, 2.45) is 17.4 Å². The fourth-order valence-electron chi connectivity index (χ4n) is 1.95. The van der Waals surface area contributed by atoms with Gasteiger partial charge >= 0.3 is 0 Å². The number of aliphatic hydroxyl groups excluding tert-OH is 1. The Morgan fingerprint density at radius 2 is 2.19 bits per heavy atom. The molecule has 0 aromatic carbocycles. The van der Waals surface area contributed by atoms with Gasteiger partial charge in [-0.1, -0.05) is 0 Å². The van der Waals surface area contributed by atoms with Crippen molar-refractivity contribution in [1.29, 1.82) is 0 Å². The second-order valence-corrected chi connectivity index (χ2v) is 4.25. The van der Waals surface area contributed by atoms with Gasteiger partial charge < -0.3 is 21.5 Å². The van der Waals surface area contributed by atoms with E-state index in [2.05, 4.69) is 0 Å². The molecule has 1 aliphatic heterocycles. The molecule has 2 amide bonds. The summed E-state index contributed by atoms with van der Waals surface area (Å²) in [5.74, 6) is -0.702. The number of amides is 2. The van der Waals surface area contributed by atoms with Crippen LogP contribution in [0.1, 0.15) is 19.3 Å². The summed E-state index contributed by atoms with van der Waals surface area (Å²) in [4.78, 5) is 24.1. The maximum absolute atomic E-state index is 11.8. The van der Waals surface area contributed by atoms with E-state index in [1.165, 1.54) is 0 Å². The van der Waals surface area contributed by atoms with Crippen LogP contribution in [-0.2, 0) is 9.59 Å². The van der Waals surface area contributed by atoms with Crippen LogP contribution in [0.5, 0.6) is 0 Å². The molecule has 0 aliphatic carbocycles. The number of hydrogen-bond acceptors (Lipinski definition) is 4. The second kappa shape index (κ2) is 5.81. The van der Waals surface area contributed by atoms with E-state index in [9.17, 15) is 9.59 Å². The molecule has 16 heavy (non-hydrogen) atoms. The van der Waals surface area contributed by atoms with E-state index in [0.29, 0.717) is 13.1 Å². The quantitative estimate of drug-likeness (QED) is 0.540. The molecule has 1 aliphatic rings. The maximum Gasteiger partial charge on any atom is 0.240 e. The second-order valence-electron chi connectivity index (χ2n) is 4.25.